The molecule has 1 aliphatic rings. The first-order valence-electron chi connectivity index (χ1n) is 7.56. The Kier molecular flexibility index (Phi) is 3.76. The Bertz CT molecular complexity index is 590. The second kappa shape index (κ2) is 5.54. The van der Waals surface area contributed by atoms with Crippen molar-refractivity contribution in [2.75, 3.05) is 20.2 Å². The van der Waals surface area contributed by atoms with Crippen LogP contribution < -0.4 is 4.90 Å². The highest BCUT2D eigenvalue weighted by Gasteiger charge is 2.27. The smallest absolute Gasteiger partial charge is 0.148 e. The van der Waals surface area contributed by atoms with Gasteiger partial charge in [0, 0.05) is 18.5 Å². The van der Waals surface area contributed by atoms with E-state index in [2.05, 4.69) is 49.8 Å². The first-order valence-corrected chi connectivity index (χ1v) is 7.56. The molecule has 3 rings (SSSR count). The van der Waals surface area contributed by atoms with Crippen molar-refractivity contribution >= 4 is 10.9 Å². The van der Waals surface area contributed by atoms with Crippen molar-refractivity contribution in [3.63, 3.8) is 0 Å². The van der Waals surface area contributed by atoms with E-state index in [1.165, 1.54) is 16.0 Å². The molecule has 0 saturated carbocycles. The molecule has 108 valence electrons. The van der Waals surface area contributed by atoms with Gasteiger partial charge in [0.25, 0.3) is 0 Å². The van der Waals surface area contributed by atoms with Crippen LogP contribution in [0.15, 0.2) is 24.3 Å². The molecule has 1 aromatic carbocycles. The van der Waals surface area contributed by atoms with Crippen molar-refractivity contribution in [3.8, 4) is 0 Å². The number of ether oxygens (including phenoxy) is 1. The zero-order valence-corrected chi connectivity index (χ0v) is 12.6. The fourth-order valence-electron chi connectivity index (χ4n) is 2.81. The summed E-state index contributed by atoms with van der Waals surface area (Å²) in [4.78, 5) is 1.49. The van der Waals surface area contributed by atoms with Crippen molar-refractivity contribution in [3.05, 3.63) is 30.0 Å². The predicted molar refractivity (Wildman–Crippen MR) is 79.9 cm³/mol. The molecule has 0 radical (unpaired) electrons. The van der Waals surface area contributed by atoms with E-state index in [0.29, 0.717) is 6.04 Å². The maximum Gasteiger partial charge on any atom is 0.148 e. The summed E-state index contributed by atoms with van der Waals surface area (Å²) in [7, 11) is 2.24. The Morgan fingerprint density at radius 3 is 3.00 bits per heavy atom. The van der Waals surface area contributed by atoms with E-state index in [1.807, 2.05) is 0 Å². The van der Waals surface area contributed by atoms with Crippen LogP contribution in [0.1, 0.15) is 32.1 Å². The first-order chi connectivity index (χ1) is 9.66. The first kappa shape index (κ1) is 13.6. The van der Waals surface area contributed by atoms with Crippen molar-refractivity contribution < 1.29 is 9.64 Å². The molecular formula is C16H24N3O+. The molecule has 1 aliphatic heterocycles. The Labute approximate surface area is 120 Å². The average Bonchev–Trinajstić information content (AvgIpc) is 2.69. The van der Waals surface area contributed by atoms with Gasteiger partial charge in [0.05, 0.1) is 24.3 Å². The minimum atomic E-state index is 0.146. The van der Waals surface area contributed by atoms with Crippen LogP contribution in [0.4, 0.5) is 0 Å². The van der Waals surface area contributed by atoms with Crippen LogP contribution in [0.25, 0.3) is 10.9 Å². The highest BCUT2D eigenvalue weighted by atomic mass is 16.5. The van der Waals surface area contributed by atoms with Crippen LogP contribution in [0.5, 0.6) is 0 Å². The molecule has 2 aromatic rings. The van der Waals surface area contributed by atoms with E-state index in [-0.39, 0.29) is 6.10 Å². The van der Waals surface area contributed by atoms with Gasteiger partial charge < -0.3 is 9.64 Å². The lowest BCUT2D eigenvalue weighted by atomic mass is 10.1. The second-order valence-corrected chi connectivity index (χ2v) is 6.04. The van der Waals surface area contributed by atoms with Crippen LogP contribution in [0, 0.1) is 0 Å². The SMILES string of the molecule is CC(C)[NH+](C)CC1OCCCn2nc3ccccc3c21. The summed E-state index contributed by atoms with van der Waals surface area (Å²) >= 11 is 0. The van der Waals surface area contributed by atoms with Gasteiger partial charge in [-0.05, 0) is 26.3 Å². The lowest BCUT2D eigenvalue weighted by Crippen LogP contribution is -3.12. The number of nitrogens with one attached hydrogen (secondary N) is 1. The van der Waals surface area contributed by atoms with Crippen LogP contribution in [-0.4, -0.2) is 36.0 Å². The normalized spacial score (nSPS) is 20.9. The topological polar surface area (TPSA) is 31.5 Å². The molecule has 0 amide bonds. The molecule has 1 aromatic heterocycles. The molecular weight excluding hydrogens is 250 g/mol. The van der Waals surface area contributed by atoms with E-state index in [9.17, 15) is 0 Å². The van der Waals surface area contributed by atoms with Gasteiger partial charge in [-0.25, -0.2) is 0 Å². The van der Waals surface area contributed by atoms with E-state index in [0.717, 1.165) is 31.6 Å². The zero-order chi connectivity index (χ0) is 14.1. The molecule has 4 nitrogen and oxygen atoms in total. The fourth-order valence-corrected chi connectivity index (χ4v) is 2.81. The third-order valence-electron chi connectivity index (χ3n) is 4.32. The highest BCUT2D eigenvalue weighted by molar-refractivity contribution is 5.81. The Morgan fingerprint density at radius 2 is 2.20 bits per heavy atom. The standard InChI is InChI=1S/C16H23N3O/c1-12(2)18(3)11-15-16-13-7-4-5-8-14(13)17-19(16)9-6-10-20-15/h4-5,7-8,12,15H,6,9-11H2,1-3H3/p+1. The van der Waals surface area contributed by atoms with Gasteiger partial charge in [0.15, 0.2) is 0 Å². The number of quaternary nitrogens is 1. The van der Waals surface area contributed by atoms with Crippen molar-refractivity contribution in [2.24, 2.45) is 0 Å². The van der Waals surface area contributed by atoms with Gasteiger partial charge in [-0.3, -0.25) is 4.68 Å². The van der Waals surface area contributed by atoms with E-state index >= 15 is 0 Å². The second-order valence-electron chi connectivity index (χ2n) is 6.04. The number of aromatic nitrogens is 2. The number of nitrogens with zero attached hydrogens (tertiary/aromatic N) is 2. The Hall–Kier alpha value is -1.39. The minimum absolute atomic E-state index is 0.146. The van der Waals surface area contributed by atoms with Gasteiger partial charge in [-0.1, -0.05) is 18.2 Å². The van der Waals surface area contributed by atoms with Crippen molar-refractivity contribution in [1.29, 1.82) is 0 Å². The number of hydrogen-bond acceptors (Lipinski definition) is 2. The molecule has 2 atom stereocenters. The molecule has 20 heavy (non-hydrogen) atoms. The number of likely N-dealkylation sites (N-methyl/N-ethyl adjacent to an activating group) is 1. The lowest BCUT2D eigenvalue weighted by Gasteiger charge is -2.24. The Balaban J connectivity index is 2.01. The van der Waals surface area contributed by atoms with Crippen LogP contribution in [0.2, 0.25) is 0 Å². The summed E-state index contributed by atoms with van der Waals surface area (Å²) in [6.07, 6.45) is 1.19. The molecule has 4 heteroatoms. The molecule has 0 spiro atoms. The minimum Gasteiger partial charge on any atom is -0.366 e. The van der Waals surface area contributed by atoms with Gasteiger partial charge in [-0.15, -0.1) is 0 Å². The molecule has 0 bridgehead atoms. The number of rotatable bonds is 3. The van der Waals surface area contributed by atoms with Gasteiger partial charge in [0.2, 0.25) is 0 Å². The van der Waals surface area contributed by atoms with Crippen molar-refractivity contribution in [1.82, 2.24) is 9.78 Å². The van der Waals surface area contributed by atoms with Crippen LogP contribution in [0.3, 0.4) is 0 Å². The van der Waals surface area contributed by atoms with Crippen LogP contribution >= 0.6 is 0 Å². The lowest BCUT2D eigenvalue weighted by molar-refractivity contribution is -0.905. The maximum absolute atomic E-state index is 6.14. The third kappa shape index (κ3) is 2.45. The zero-order valence-electron chi connectivity index (χ0n) is 12.6. The largest absolute Gasteiger partial charge is 0.366 e. The molecule has 2 heterocycles. The summed E-state index contributed by atoms with van der Waals surface area (Å²) < 4.78 is 8.30. The molecule has 0 saturated heterocycles. The number of benzene rings is 1. The highest BCUT2D eigenvalue weighted by Crippen LogP contribution is 2.28. The maximum atomic E-state index is 6.14. The van der Waals surface area contributed by atoms with Crippen LogP contribution in [-0.2, 0) is 11.3 Å². The summed E-state index contributed by atoms with van der Waals surface area (Å²) in [5, 5.41) is 5.99. The van der Waals surface area contributed by atoms with E-state index in [4.69, 9.17) is 9.84 Å². The number of fused-ring (bicyclic) bond motifs is 3. The quantitative estimate of drug-likeness (QED) is 0.918. The summed E-state index contributed by atoms with van der Waals surface area (Å²) in [6.45, 7) is 7.28. The van der Waals surface area contributed by atoms with E-state index < -0.39 is 0 Å². The predicted octanol–water partition coefficient (Wildman–Crippen LogP) is 1.42. The number of aryl methyl sites for hydroxylation is 1. The summed E-state index contributed by atoms with van der Waals surface area (Å²) in [5.74, 6) is 0. The average molecular weight is 274 g/mol. The summed E-state index contributed by atoms with van der Waals surface area (Å²) in [5.41, 5.74) is 2.35. The Morgan fingerprint density at radius 1 is 1.40 bits per heavy atom. The number of hydrogen-bond donors (Lipinski definition) is 1. The van der Waals surface area contributed by atoms with Gasteiger partial charge in [-0.2, -0.15) is 5.10 Å². The monoisotopic (exact) mass is 274 g/mol. The van der Waals surface area contributed by atoms with Gasteiger partial charge >= 0.3 is 0 Å². The van der Waals surface area contributed by atoms with Crippen molar-refractivity contribution in [2.45, 2.75) is 39.0 Å². The molecule has 0 aliphatic carbocycles. The molecule has 1 N–H and O–H groups in total. The van der Waals surface area contributed by atoms with E-state index in [1.54, 1.807) is 0 Å². The van der Waals surface area contributed by atoms with Gasteiger partial charge in [0.1, 0.15) is 12.6 Å². The third-order valence-corrected chi connectivity index (χ3v) is 4.32. The molecule has 2 unspecified atom stereocenters. The fraction of sp³-hybridized carbons (Fsp3) is 0.562. The molecule has 0 fully saturated rings. The summed E-state index contributed by atoms with van der Waals surface area (Å²) in [6, 6.07) is 9.00.